The van der Waals surface area contributed by atoms with Crippen LogP contribution in [-0.2, 0) is 16.4 Å². The molecule has 7 nitrogen and oxygen atoms in total. The summed E-state index contributed by atoms with van der Waals surface area (Å²) in [6.07, 6.45) is 3.43. The summed E-state index contributed by atoms with van der Waals surface area (Å²) in [6.45, 7) is 5.46. The maximum atomic E-state index is 12.7. The zero-order valence-corrected chi connectivity index (χ0v) is 17.2. The van der Waals surface area contributed by atoms with E-state index in [9.17, 15) is 13.2 Å². The molecule has 0 saturated heterocycles. The van der Waals surface area contributed by atoms with Crippen molar-refractivity contribution in [2.75, 3.05) is 7.05 Å². The number of aromatic amines is 1. The fourth-order valence-electron chi connectivity index (χ4n) is 2.70. The molecular weight excluding hydrogens is 376 g/mol. The first-order chi connectivity index (χ1) is 13.1. The van der Waals surface area contributed by atoms with Gasteiger partial charge in [-0.05, 0) is 38.5 Å². The number of rotatable bonds is 5. The number of hydrogen-bond donors (Lipinski definition) is 1. The molecule has 0 saturated carbocycles. The molecule has 8 heteroatoms. The predicted molar refractivity (Wildman–Crippen MR) is 108 cm³/mol. The first kappa shape index (κ1) is 20.0. The predicted octanol–water partition coefficient (Wildman–Crippen LogP) is 2.57. The summed E-state index contributed by atoms with van der Waals surface area (Å²) in [6, 6.07) is 12.7. The van der Waals surface area contributed by atoms with Crippen LogP contribution in [0.2, 0.25) is 0 Å². The summed E-state index contributed by atoms with van der Waals surface area (Å²) in [5.41, 5.74) is 0.876. The maximum Gasteiger partial charge on any atom is 0.276 e. The lowest BCUT2D eigenvalue weighted by atomic mass is 10.1. The molecule has 2 heterocycles. The van der Waals surface area contributed by atoms with Gasteiger partial charge in [-0.1, -0.05) is 30.3 Å². The molecule has 0 amide bonds. The van der Waals surface area contributed by atoms with Crippen molar-refractivity contribution in [1.29, 1.82) is 0 Å². The highest BCUT2D eigenvalue weighted by molar-refractivity contribution is 7.89. The molecule has 0 atom stereocenters. The van der Waals surface area contributed by atoms with Crippen molar-refractivity contribution in [3.8, 4) is 5.82 Å². The van der Waals surface area contributed by atoms with Gasteiger partial charge in [-0.3, -0.25) is 9.89 Å². The van der Waals surface area contributed by atoms with Crippen molar-refractivity contribution >= 4 is 10.0 Å². The van der Waals surface area contributed by atoms with Crippen molar-refractivity contribution in [2.45, 2.75) is 37.6 Å². The van der Waals surface area contributed by atoms with Crippen LogP contribution in [0.3, 0.4) is 0 Å². The molecule has 3 aromatic rings. The zero-order valence-electron chi connectivity index (χ0n) is 16.4. The van der Waals surface area contributed by atoms with Gasteiger partial charge in [-0.15, -0.1) is 0 Å². The fraction of sp³-hybridized carbons (Fsp3) is 0.300. The van der Waals surface area contributed by atoms with Crippen LogP contribution in [0.15, 0.2) is 64.5 Å². The van der Waals surface area contributed by atoms with E-state index in [0.29, 0.717) is 17.8 Å². The number of nitrogens with zero attached hydrogens (tertiary/aromatic N) is 3. The summed E-state index contributed by atoms with van der Waals surface area (Å²) < 4.78 is 28.0. The first-order valence-electron chi connectivity index (χ1n) is 8.89. The highest BCUT2D eigenvalue weighted by Crippen LogP contribution is 2.22. The van der Waals surface area contributed by atoms with Gasteiger partial charge in [0.15, 0.2) is 5.82 Å². The van der Waals surface area contributed by atoms with Crippen LogP contribution in [0.5, 0.6) is 0 Å². The molecule has 28 heavy (non-hydrogen) atoms. The topological polar surface area (TPSA) is 88.1 Å². The minimum Gasteiger partial charge on any atom is -0.296 e. The lowest BCUT2D eigenvalue weighted by Crippen LogP contribution is -2.42. The number of pyridine rings is 1. The third-order valence-corrected chi connectivity index (χ3v) is 6.74. The van der Waals surface area contributed by atoms with Gasteiger partial charge < -0.3 is 0 Å². The van der Waals surface area contributed by atoms with Gasteiger partial charge in [0.1, 0.15) is 4.90 Å². The number of nitrogens with one attached hydrogen (secondary N) is 1. The molecule has 0 aliphatic carbocycles. The summed E-state index contributed by atoms with van der Waals surface area (Å²) in [5, 5.41) is 2.90. The van der Waals surface area contributed by atoms with Crippen molar-refractivity contribution in [1.82, 2.24) is 19.1 Å². The molecule has 0 bridgehead atoms. The quantitative estimate of drug-likeness (QED) is 0.713. The molecule has 0 unspecified atom stereocenters. The first-order valence-corrected chi connectivity index (χ1v) is 10.3. The smallest absolute Gasteiger partial charge is 0.276 e. The van der Waals surface area contributed by atoms with E-state index in [4.69, 9.17) is 0 Å². The lowest BCUT2D eigenvalue weighted by molar-refractivity contribution is 0.291. The van der Waals surface area contributed by atoms with E-state index in [1.807, 2.05) is 51.1 Å². The minimum absolute atomic E-state index is 0.0813. The third-order valence-electron chi connectivity index (χ3n) is 4.64. The molecular formula is C20H24N4O3S. The summed E-state index contributed by atoms with van der Waals surface area (Å²) >= 11 is 0. The van der Waals surface area contributed by atoms with E-state index in [2.05, 4.69) is 10.1 Å². The summed E-state index contributed by atoms with van der Waals surface area (Å²) in [7, 11) is -2.13. The third kappa shape index (κ3) is 3.93. The second kappa shape index (κ2) is 7.37. The van der Waals surface area contributed by atoms with E-state index in [0.717, 1.165) is 5.56 Å². The Labute approximate surface area is 164 Å². The molecule has 3 rings (SSSR count). The Morgan fingerprint density at radius 2 is 1.79 bits per heavy atom. The van der Waals surface area contributed by atoms with E-state index in [-0.39, 0.29) is 10.5 Å². The molecule has 0 aliphatic heterocycles. The fourth-order valence-corrected chi connectivity index (χ4v) is 4.16. The van der Waals surface area contributed by atoms with Crippen molar-refractivity contribution in [3.05, 3.63) is 76.3 Å². The number of aromatic nitrogens is 3. The molecule has 0 spiro atoms. The van der Waals surface area contributed by atoms with Crippen LogP contribution >= 0.6 is 0 Å². The van der Waals surface area contributed by atoms with E-state index >= 15 is 0 Å². The van der Waals surface area contributed by atoms with Crippen molar-refractivity contribution in [3.63, 3.8) is 0 Å². The SMILES string of the molecule is CN(C(C)(C)C)S(=O)(=O)c1ccc(-n2[nH]cc(Cc3ccccc3)c2=O)nc1. The Morgan fingerprint density at radius 1 is 1.11 bits per heavy atom. The van der Waals surface area contributed by atoms with Gasteiger partial charge in [0, 0.05) is 37.0 Å². The van der Waals surface area contributed by atoms with Gasteiger partial charge in [0.25, 0.3) is 5.56 Å². The highest BCUT2D eigenvalue weighted by Gasteiger charge is 2.30. The Kier molecular flexibility index (Phi) is 5.27. The van der Waals surface area contributed by atoms with E-state index in [1.165, 1.54) is 34.4 Å². The van der Waals surface area contributed by atoms with Crippen molar-refractivity contribution in [2.24, 2.45) is 0 Å². The van der Waals surface area contributed by atoms with Crippen LogP contribution in [0.1, 0.15) is 31.9 Å². The van der Waals surface area contributed by atoms with Gasteiger partial charge in [-0.25, -0.2) is 18.1 Å². The highest BCUT2D eigenvalue weighted by atomic mass is 32.2. The van der Waals surface area contributed by atoms with Crippen LogP contribution in [0, 0.1) is 0 Å². The normalized spacial score (nSPS) is 12.5. The maximum absolute atomic E-state index is 12.7. The molecule has 1 N–H and O–H groups in total. The van der Waals surface area contributed by atoms with Gasteiger partial charge in [0.05, 0.1) is 0 Å². The van der Waals surface area contributed by atoms with Crippen LogP contribution < -0.4 is 5.56 Å². The summed E-state index contributed by atoms with van der Waals surface area (Å²) in [4.78, 5) is 16.9. The molecule has 1 aromatic carbocycles. The largest absolute Gasteiger partial charge is 0.296 e. The number of sulfonamides is 1. The Hall–Kier alpha value is -2.71. The monoisotopic (exact) mass is 400 g/mol. The van der Waals surface area contributed by atoms with Crippen LogP contribution in [0.25, 0.3) is 5.82 Å². The van der Waals surface area contributed by atoms with Crippen LogP contribution in [0.4, 0.5) is 0 Å². The average Bonchev–Trinajstić information content (AvgIpc) is 3.02. The second-order valence-electron chi connectivity index (χ2n) is 7.60. The standard InChI is InChI=1S/C20H24N4O3S/c1-20(2,3)23(4)28(26,27)17-10-11-18(21-14-17)24-19(25)16(13-22-24)12-15-8-6-5-7-9-15/h5-11,13-14,22H,12H2,1-4H3. The second-order valence-corrected chi connectivity index (χ2v) is 9.57. The molecule has 2 aromatic heterocycles. The Morgan fingerprint density at radius 3 is 2.36 bits per heavy atom. The van der Waals surface area contributed by atoms with E-state index < -0.39 is 15.6 Å². The molecule has 148 valence electrons. The van der Waals surface area contributed by atoms with Crippen LogP contribution in [-0.4, -0.2) is 40.1 Å². The number of benzene rings is 1. The Balaban J connectivity index is 1.88. The summed E-state index contributed by atoms with van der Waals surface area (Å²) in [5.74, 6) is 0.335. The van der Waals surface area contributed by atoms with E-state index in [1.54, 1.807) is 6.20 Å². The molecule has 0 fully saturated rings. The average molecular weight is 401 g/mol. The van der Waals surface area contributed by atoms with Gasteiger partial charge >= 0.3 is 0 Å². The minimum atomic E-state index is -3.67. The number of hydrogen-bond acceptors (Lipinski definition) is 4. The van der Waals surface area contributed by atoms with Gasteiger partial charge in [-0.2, -0.15) is 4.31 Å². The Bertz CT molecular complexity index is 1110. The lowest BCUT2D eigenvalue weighted by Gasteiger charge is -2.30. The van der Waals surface area contributed by atoms with Gasteiger partial charge in [0.2, 0.25) is 10.0 Å². The molecule has 0 aliphatic rings. The van der Waals surface area contributed by atoms with Crippen molar-refractivity contribution < 1.29 is 8.42 Å². The number of H-pyrrole nitrogens is 1. The zero-order chi connectivity index (χ0) is 20.5. The molecule has 0 radical (unpaired) electrons.